The Morgan fingerprint density at radius 3 is 2.51 bits per heavy atom. The number of fused-ring (bicyclic) bond motifs is 2. The molecule has 6 rings (SSSR count). The lowest BCUT2D eigenvalue weighted by Crippen LogP contribution is -2.55. The van der Waals surface area contributed by atoms with Crippen LogP contribution in [-0.2, 0) is 11.0 Å². The molecule has 12 heteroatoms. The molecule has 3 saturated heterocycles. The lowest BCUT2D eigenvalue weighted by Gasteiger charge is -2.43. The summed E-state index contributed by atoms with van der Waals surface area (Å²) in [7, 11) is 1.96. The van der Waals surface area contributed by atoms with Crippen LogP contribution in [-0.4, -0.2) is 57.8 Å². The molecule has 1 aromatic heterocycles. The second-order valence-electron chi connectivity index (χ2n) is 10.6. The molecule has 1 aliphatic carbocycles. The van der Waals surface area contributed by atoms with E-state index in [4.69, 9.17) is 22.2 Å². The van der Waals surface area contributed by atoms with Crippen molar-refractivity contribution in [3.63, 3.8) is 0 Å². The number of carbonyl (C=O) groups is 1. The van der Waals surface area contributed by atoms with Crippen LogP contribution >= 0.6 is 12.2 Å². The average molecular weight is 560 g/mol. The van der Waals surface area contributed by atoms with E-state index < -0.39 is 41.2 Å². The number of thiocarbonyl (C=S) groups is 1. The number of hydrogen-bond acceptors (Lipinski definition) is 6. The summed E-state index contributed by atoms with van der Waals surface area (Å²) in [6.45, 7) is 0. The normalized spacial score (nSPS) is 28.1. The van der Waals surface area contributed by atoms with E-state index in [9.17, 15) is 18.0 Å². The zero-order valence-corrected chi connectivity index (χ0v) is 21.8. The summed E-state index contributed by atoms with van der Waals surface area (Å²) < 4.78 is 61.9. The van der Waals surface area contributed by atoms with Crippen LogP contribution in [0.25, 0.3) is 0 Å². The Kier molecular flexibility index (Phi) is 6.07. The number of pyridine rings is 1. The van der Waals surface area contributed by atoms with Gasteiger partial charge in [-0.3, -0.25) is 14.6 Å². The molecule has 4 unspecified atom stereocenters. The maximum Gasteiger partial charge on any atom is 0.419 e. The zero-order valence-electron chi connectivity index (χ0n) is 21.0. The van der Waals surface area contributed by atoms with Crippen molar-refractivity contribution in [3.05, 3.63) is 47.8 Å². The van der Waals surface area contributed by atoms with Crippen molar-refractivity contribution in [1.29, 1.82) is 5.26 Å². The van der Waals surface area contributed by atoms with Crippen LogP contribution in [0.3, 0.4) is 0 Å². The number of alkyl halides is 4. The highest BCUT2D eigenvalue weighted by molar-refractivity contribution is 7.81. The van der Waals surface area contributed by atoms with Crippen molar-refractivity contribution in [3.8, 4) is 11.8 Å². The number of anilines is 2. The molecule has 204 valence electrons. The predicted octanol–water partition coefficient (Wildman–Crippen LogP) is 4.98. The number of rotatable bonds is 4. The number of carbonyl (C=O) groups excluding carboxylic acids is 1. The van der Waals surface area contributed by atoms with Gasteiger partial charge in [0.15, 0.2) is 17.0 Å². The summed E-state index contributed by atoms with van der Waals surface area (Å²) in [6, 6.07) is 9.22. The molecule has 4 heterocycles. The highest BCUT2D eigenvalue weighted by Gasteiger charge is 2.60. The fourth-order valence-corrected chi connectivity index (χ4v) is 6.87. The fraction of sp³-hybridized carbons (Fsp3) is 0.481. The molecule has 0 radical (unpaired) electrons. The van der Waals surface area contributed by atoms with Crippen molar-refractivity contribution < 1.29 is 27.1 Å². The molecule has 1 amide bonds. The van der Waals surface area contributed by atoms with Gasteiger partial charge in [-0.25, -0.2) is 9.37 Å². The smallest absolute Gasteiger partial charge is 0.419 e. The third-order valence-electron chi connectivity index (χ3n) is 8.64. The van der Waals surface area contributed by atoms with Crippen LogP contribution in [0.4, 0.5) is 28.9 Å². The van der Waals surface area contributed by atoms with Gasteiger partial charge in [-0.15, -0.1) is 0 Å². The van der Waals surface area contributed by atoms with Gasteiger partial charge >= 0.3 is 6.18 Å². The zero-order chi connectivity index (χ0) is 27.7. The number of nitrogens with zero attached hydrogens (tertiary/aromatic N) is 5. The van der Waals surface area contributed by atoms with E-state index in [0.29, 0.717) is 36.7 Å². The van der Waals surface area contributed by atoms with Crippen molar-refractivity contribution in [2.24, 2.45) is 0 Å². The molecule has 1 spiro atoms. The van der Waals surface area contributed by atoms with Crippen molar-refractivity contribution >= 4 is 34.6 Å². The van der Waals surface area contributed by atoms with Crippen molar-refractivity contribution in [1.82, 2.24) is 9.88 Å². The molecular weight excluding hydrogens is 534 g/mol. The lowest BCUT2D eigenvalue weighted by atomic mass is 9.75. The molecule has 4 aliphatic rings. The second kappa shape index (κ2) is 9.13. The van der Waals surface area contributed by atoms with Crippen LogP contribution < -0.4 is 14.5 Å². The maximum absolute atomic E-state index is 15.1. The Balaban J connectivity index is 1.27. The Hall–Kier alpha value is -3.30. The summed E-state index contributed by atoms with van der Waals surface area (Å²) in [5.41, 5.74) is -2.57. The van der Waals surface area contributed by atoms with Crippen LogP contribution in [0.15, 0.2) is 36.5 Å². The van der Waals surface area contributed by atoms with E-state index in [1.807, 2.05) is 7.05 Å². The molecule has 7 nitrogen and oxygen atoms in total. The first-order valence-corrected chi connectivity index (χ1v) is 13.2. The predicted molar refractivity (Wildman–Crippen MR) is 138 cm³/mol. The second-order valence-corrected chi connectivity index (χ2v) is 11.0. The largest absolute Gasteiger partial charge is 0.487 e. The van der Waals surface area contributed by atoms with Crippen molar-refractivity contribution in [2.45, 2.75) is 74.6 Å². The van der Waals surface area contributed by atoms with Gasteiger partial charge in [-0.1, -0.05) is 0 Å². The van der Waals surface area contributed by atoms with Crippen molar-refractivity contribution in [2.75, 3.05) is 16.8 Å². The molecular formula is C27H25F4N5O2S. The Bertz CT molecular complexity index is 1370. The van der Waals surface area contributed by atoms with Gasteiger partial charge in [0.1, 0.15) is 23.5 Å². The van der Waals surface area contributed by atoms with E-state index in [1.54, 1.807) is 29.2 Å². The molecule has 39 heavy (non-hydrogen) atoms. The number of ether oxygens (including phenoxy) is 1. The fourth-order valence-electron chi connectivity index (χ4n) is 6.41. The third kappa shape index (κ3) is 3.97. The Morgan fingerprint density at radius 1 is 1.18 bits per heavy atom. The topological polar surface area (TPSA) is 72.7 Å². The van der Waals surface area contributed by atoms with Gasteiger partial charge in [0.25, 0.3) is 5.91 Å². The van der Waals surface area contributed by atoms with Gasteiger partial charge in [-0.2, -0.15) is 18.4 Å². The number of halogens is 4. The molecule has 2 bridgehead atoms. The van der Waals surface area contributed by atoms with Gasteiger partial charge in [0, 0.05) is 24.2 Å². The standard InChI is InChI=1S/C27H25F4N5O2S/c1-34-16-5-8-21(34)23(28)22(12-16)38-18-6-3-15(4-7-18)36-25(39)35(24(37)26(36)9-2-10-26)17-11-19(27(29,30)31)20(13-32)33-14-17/h3-4,6-7,11,14,16,21-23H,2,5,8-10,12H2,1H3. The maximum atomic E-state index is 15.1. The first-order chi connectivity index (χ1) is 18.5. The average Bonchev–Trinajstić information content (AvgIpc) is 3.29. The first kappa shape index (κ1) is 26.0. The molecule has 4 atom stereocenters. The SMILES string of the molecule is CN1C2CCC1C(F)C(Oc1ccc(N3C(=S)N(c4cnc(C#N)c(C(F)(F)F)c4)C(=O)C34CCC4)cc1)C2. The summed E-state index contributed by atoms with van der Waals surface area (Å²) in [4.78, 5) is 22.1. The number of aromatic nitrogens is 1. The summed E-state index contributed by atoms with van der Waals surface area (Å²) in [5.74, 6) is 0.0678. The molecule has 2 aromatic rings. The summed E-state index contributed by atoms with van der Waals surface area (Å²) >= 11 is 5.64. The summed E-state index contributed by atoms with van der Waals surface area (Å²) in [5, 5.41) is 9.11. The highest BCUT2D eigenvalue weighted by atomic mass is 32.1. The minimum Gasteiger partial charge on any atom is -0.487 e. The molecule has 4 fully saturated rings. The molecule has 1 aromatic carbocycles. The van der Waals surface area contributed by atoms with Gasteiger partial charge in [-0.05, 0) is 81.7 Å². The minimum atomic E-state index is -4.83. The van der Waals surface area contributed by atoms with Crippen LogP contribution in [0.1, 0.15) is 49.8 Å². The summed E-state index contributed by atoms with van der Waals surface area (Å²) in [6.07, 6.45) is -1.28. The number of nitriles is 1. The molecule has 0 N–H and O–H groups in total. The van der Waals surface area contributed by atoms with E-state index in [1.165, 1.54) is 6.07 Å². The van der Waals surface area contributed by atoms with E-state index in [-0.39, 0.29) is 16.8 Å². The number of benzene rings is 1. The Labute approximate surface area is 227 Å². The monoisotopic (exact) mass is 559 g/mol. The van der Waals surface area contributed by atoms with Gasteiger partial charge < -0.3 is 9.64 Å². The first-order valence-electron chi connectivity index (χ1n) is 12.8. The van der Waals surface area contributed by atoms with Crippen LogP contribution in [0.5, 0.6) is 5.75 Å². The van der Waals surface area contributed by atoms with E-state index in [2.05, 4.69) is 9.88 Å². The van der Waals surface area contributed by atoms with E-state index in [0.717, 1.165) is 36.4 Å². The third-order valence-corrected chi connectivity index (χ3v) is 9.00. The Morgan fingerprint density at radius 2 is 1.90 bits per heavy atom. The quantitative estimate of drug-likeness (QED) is 0.386. The lowest BCUT2D eigenvalue weighted by molar-refractivity contribution is -0.138. The van der Waals surface area contributed by atoms with E-state index >= 15 is 4.39 Å². The minimum absolute atomic E-state index is 0.0312. The number of amides is 1. The number of piperidine rings is 1. The number of hydrogen-bond donors (Lipinski definition) is 0. The highest BCUT2D eigenvalue weighted by Crippen LogP contribution is 2.48. The van der Waals surface area contributed by atoms with Crippen LogP contribution in [0, 0.1) is 11.3 Å². The van der Waals surface area contributed by atoms with Gasteiger partial charge in [0.05, 0.1) is 17.4 Å². The molecule has 1 saturated carbocycles. The van der Waals surface area contributed by atoms with Crippen LogP contribution in [0.2, 0.25) is 0 Å². The molecule has 3 aliphatic heterocycles. The van der Waals surface area contributed by atoms with Gasteiger partial charge in [0.2, 0.25) is 0 Å².